The fourth-order valence-corrected chi connectivity index (χ4v) is 0.913. The lowest BCUT2D eigenvalue weighted by molar-refractivity contribution is 0.517. The van der Waals surface area contributed by atoms with Gasteiger partial charge >= 0.3 is 0 Å². The van der Waals surface area contributed by atoms with E-state index in [-0.39, 0.29) is 5.41 Å². The van der Waals surface area contributed by atoms with Crippen molar-refractivity contribution in [2.45, 2.75) is 20.8 Å². The highest BCUT2D eigenvalue weighted by Crippen LogP contribution is 2.25. The molecule has 0 saturated heterocycles. The number of hydrogen-bond donors (Lipinski definition) is 0. The van der Waals surface area contributed by atoms with E-state index in [2.05, 4.69) is 46.1 Å². The molecular formula is C12H19B. The fourth-order valence-electron chi connectivity index (χ4n) is 0.913. The quantitative estimate of drug-likeness (QED) is 0.455. The predicted octanol–water partition coefficient (Wildman–Crippen LogP) is 2.85. The fraction of sp³-hybridized carbons (Fsp3) is 0.333. The molecule has 0 bridgehead atoms. The van der Waals surface area contributed by atoms with Crippen molar-refractivity contribution in [3.05, 3.63) is 48.5 Å². The summed E-state index contributed by atoms with van der Waals surface area (Å²) in [6, 6.07) is 0. The minimum absolute atomic E-state index is 0.166. The molecule has 0 aliphatic heterocycles. The molecule has 0 unspecified atom stereocenters. The first-order chi connectivity index (χ1) is 5.91. The van der Waals surface area contributed by atoms with Crippen molar-refractivity contribution < 1.29 is 0 Å². The predicted molar refractivity (Wildman–Crippen MR) is 64.6 cm³/mol. The van der Waals surface area contributed by atoms with E-state index in [4.69, 9.17) is 0 Å². The summed E-state index contributed by atoms with van der Waals surface area (Å²) in [5.41, 5.74) is 2.58. The van der Waals surface area contributed by atoms with Crippen LogP contribution in [0.5, 0.6) is 0 Å². The molecule has 0 spiro atoms. The third-order valence-corrected chi connectivity index (χ3v) is 1.93. The molecule has 70 valence electrons. The SMILES string of the molecule is B/C(C=C)=C/C=C(\C=C)C(C)(C)C. The molecule has 0 amide bonds. The summed E-state index contributed by atoms with van der Waals surface area (Å²) in [5, 5.41) is 0. The van der Waals surface area contributed by atoms with Crippen LogP contribution in [0.4, 0.5) is 0 Å². The Labute approximate surface area is 83.1 Å². The van der Waals surface area contributed by atoms with E-state index in [0.29, 0.717) is 0 Å². The van der Waals surface area contributed by atoms with Gasteiger partial charge in [-0.1, -0.05) is 63.7 Å². The van der Waals surface area contributed by atoms with Gasteiger partial charge in [-0.2, -0.15) is 0 Å². The lowest BCUT2D eigenvalue weighted by Gasteiger charge is -2.19. The van der Waals surface area contributed by atoms with E-state index < -0.39 is 0 Å². The first-order valence-corrected chi connectivity index (χ1v) is 4.55. The minimum Gasteiger partial charge on any atom is -0.0996 e. The Hall–Kier alpha value is -0.975. The highest BCUT2D eigenvalue weighted by atomic mass is 14.2. The average molecular weight is 174 g/mol. The van der Waals surface area contributed by atoms with E-state index in [1.165, 1.54) is 11.0 Å². The molecule has 0 aromatic heterocycles. The second-order valence-electron chi connectivity index (χ2n) is 4.19. The van der Waals surface area contributed by atoms with E-state index >= 15 is 0 Å². The Balaban J connectivity index is 4.79. The van der Waals surface area contributed by atoms with Gasteiger partial charge in [0.25, 0.3) is 0 Å². The van der Waals surface area contributed by atoms with Gasteiger partial charge in [-0.3, -0.25) is 0 Å². The first-order valence-electron chi connectivity index (χ1n) is 4.55. The third-order valence-electron chi connectivity index (χ3n) is 1.93. The molecule has 0 atom stereocenters. The molecular weight excluding hydrogens is 155 g/mol. The van der Waals surface area contributed by atoms with Crippen LogP contribution in [0.2, 0.25) is 0 Å². The third kappa shape index (κ3) is 4.57. The summed E-state index contributed by atoms with van der Waals surface area (Å²) < 4.78 is 0. The van der Waals surface area contributed by atoms with Gasteiger partial charge in [0.1, 0.15) is 7.85 Å². The Bertz CT molecular complexity index is 249. The van der Waals surface area contributed by atoms with Crippen molar-refractivity contribution in [1.29, 1.82) is 0 Å². The van der Waals surface area contributed by atoms with Crippen molar-refractivity contribution in [3.63, 3.8) is 0 Å². The first kappa shape index (κ1) is 12.0. The van der Waals surface area contributed by atoms with Gasteiger partial charge in [0.15, 0.2) is 0 Å². The largest absolute Gasteiger partial charge is 0.139 e. The summed E-state index contributed by atoms with van der Waals surface area (Å²) >= 11 is 0. The lowest BCUT2D eigenvalue weighted by Crippen LogP contribution is -2.06. The Morgan fingerprint density at radius 2 is 1.62 bits per heavy atom. The van der Waals surface area contributed by atoms with Crippen LogP contribution in [0, 0.1) is 5.41 Å². The molecule has 0 nitrogen and oxygen atoms in total. The van der Waals surface area contributed by atoms with E-state index in [0.717, 1.165) is 0 Å². The van der Waals surface area contributed by atoms with Gasteiger partial charge in [-0.15, -0.1) is 0 Å². The molecule has 0 fully saturated rings. The van der Waals surface area contributed by atoms with E-state index in [9.17, 15) is 0 Å². The lowest BCUT2D eigenvalue weighted by atomic mass is 9.85. The molecule has 1 heteroatoms. The summed E-state index contributed by atoms with van der Waals surface area (Å²) in [4.78, 5) is 0. The van der Waals surface area contributed by atoms with Crippen LogP contribution < -0.4 is 0 Å². The maximum absolute atomic E-state index is 3.81. The summed E-state index contributed by atoms with van der Waals surface area (Å²) in [6.07, 6.45) is 7.92. The highest BCUT2D eigenvalue weighted by molar-refractivity contribution is 6.23. The average Bonchev–Trinajstić information content (AvgIpc) is 2.02. The van der Waals surface area contributed by atoms with E-state index in [1.807, 2.05) is 20.0 Å². The molecule has 0 radical (unpaired) electrons. The van der Waals surface area contributed by atoms with Gasteiger partial charge in [-0.25, -0.2) is 0 Å². The second kappa shape index (κ2) is 4.91. The highest BCUT2D eigenvalue weighted by Gasteiger charge is 2.12. The molecule has 0 N–H and O–H groups in total. The maximum atomic E-state index is 3.81. The smallest absolute Gasteiger partial charge is 0.0996 e. The summed E-state index contributed by atoms with van der Waals surface area (Å²) in [5.74, 6) is 0. The van der Waals surface area contributed by atoms with Crippen LogP contribution in [0.3, 0.4) is 0 Å². The molecule has 0 saturated carbocycles. The van der Waals surface area contributed by atoms with Crippen LogP contribution in [0.1, 0.15) is 20.8 Å². The van der Waals surface area contributed by atoms with Crippen molar-refractivity contribution >= 4 is 7.85 Å². The molecule has 13 heavy (non-hydrogen) atoms. The standard InChI is InChI=1S/C12H19B/c1-6-10(12(3,4)5)8-9-11(13)7-2/h6-9H,1-2,13H2,3-5H3/b10-8+,11-9+. The topological polar surface area (TPSA) is 0 Å². The Morgan fingerprint density at radius 1 is 1.08 bits per heavy atom. The van der Waals surface area contributed by atoms with Crippen LogP contribution in [0.25, 0.3) is 0 Å². The normalized spacial score (nSPS) is 14.1. The van der Waals surface area contributed by atoms with Crippen LogP contribution in [0.15, 0.2) is 48.5 Å². The molecule has 0 rings (SSSR count). The Kier molecular flexibility index (Phi) is 4.54. The molecule has 0 aliphatic rings. The Morgan fingerprint density at radius 3 is 1.92 bits per heavy atom. The van der Waals surface area contributed by atoms with E-state index in [1.54, 1.807) is 0 Å². The van der Waals surface area contributed by atoms with Gasteiger partial charge in [-0.05, 0) is 11.0 Å². The second-order valence-corrected chi connectivity index (χ2v) is 4.19. The molecule has 0 heterocycles. The van der Waals surface area contributed by atoms with Crippen molar-refractivity contribution in [3.8, 4) is 0 Å². The van der Waals surface area contributed by atoms with Crippen molar-refractivity contribution in [2.24, 2.45) is 5.41 Å². The van der Waals surface area contributed by atoms with Crippen LogP contribution >= 0.6 is 0 Å². The van der Waals surface area contributed by atoms with Crippen LogP contribution in [-0.4, -0.2) is 7.85 Å². The molecule has 0 aromatic rings. The van der Waals surface area contributed by atoms with Crippen molar-refractivity contribution in [1.82, 2.24) is 0 Å². The number of rotatable bonds is 3. The minimum atomic E-state index is 0.166. The zero-order chi connectivity index (χ0) is 10.5. The van der Waals surface area contributed by atoms with Crippen LogP contribution in [-0.2, 0) is 0 Å². The zero-order valence-electron chi connectivity index (χ0n) is 9.22. The summed E-state index contributed by atoms with van der Waals surface area (Å²) in [6.45, 7) is 14.0. The zero-order valence-corrected chi connectivity index (χ0v) is 9.22. The maximum Gasteiger partial charge on any atom is 0.139 e. The van der Waals surface area contributed by atoms with Gasteiger partial charge in [0.2, 0.25) is 0 Å². The van der Waals surface area contributed by atoms with Gasteiger partial charge in [0, 0.05) is 0 Å². The van der Waals surface area contributed by atoms with Gasteiger partial charge < -0.3 is 0 Å². The summed E-state index contributed by atoms with van der Waals surface area (Å²) in [7, 11) is 2.03. The van der Waals surface area contributed by atoms with Gasteiger partial charge in [0.05, 0.1) is 0 Å². The molecule has 0 aromatic carbocycles. The van der Waals surface area contributed by atoms with Crippen molar-refractivity contribution in [2.75, 3.05) is 0 Å². The number of hydrogen-bond acceptors (Lipinski definition) is 0. The molecule has 0 aliphatic carbocycles. The monoisotopic (exact) mass is 174 g/mol. The number of allylic oxidation sites excluding steroid dienone is 6.